The highest BCUT2D eigenvalue weighted by molar-refractivity contribution is 6.50. The van der Waals surface area contributed by atoms with Crippen molar-refractivity contribution in [3.8, 4) is 0 Å². The van der Waals surface area contributed by atoms with Gasteiger partial charge < -0.3 is 17.3 Å². The normalized spacial score (nSPS) is 17.9. The van der Waals surface area contributed by atoms with E-state index in [1.165, 1.54) is 44.8 Å². The van der Waals surface area contributed by atoms with Gasteiger partial charge in [0.05, 0.1) is 0 Å². The van der Waals surface area contributed by atoms with Crippen LogP contribution < -0.4 is 4.90 Å². The minimum Gasteiger partial charge on any atom is -0.418 e. The predicted molar refractivity (Wildman–Crippen MR) is 123 cm³/mol. The average Bonchev–Trinajstić information content (AvgIpc) is 2.76. The Balaban J connectivity index is 0.000000614. The van der Waals surface area contributed by atoms with Crippen LogP contribution >= 0.6 is 0 Å². The summed E-state index contributed by atoms with van der Waals surface area (Å²) in [7, 11) is -6.00. The number of hydrogen-bond acceptors (Lipinski definition) is 1. The monoisotopic (exact) mass is 436 g/mol. The molecular weight excluding hydrogens is 403 g/mol. The fraction of sp³-hybridized carbons (Fsp3) is 0.458. The molecule has 31 heavy (non-hydrogen) atoms. The highest BCUT2D eigenvalue weighted by Gasteiger charge is 2.48. The van der Waals surface area contributed by atoms with Crippen molar-refractivity contribution in [2.45, 2.75) is 73.9 Å². The van der Waals surface area contributed by atoms with Crippen LogP contribution in [0.4, 0.5) is 28.6 Å². The van der Waals surface area contributed by atoms with Crippen molar-refractivity contribution < 1.29 is 21.8 Å². The molecule has 0 fully saturated rings. The standard InChI is InChI=1S/C24H33N2.BF4/c1-15-10-17(3)22(18(4)11-15)25-14-26(24(8,9)21(25)7)23-19(5)12-16(2)13-20(23)6;2-1(3,4)5/h10-14,21H,1-9H3;/q+1;-1. The quantitative estimate of drug-likeness (QED) is 0.274. The van der Waals surface area contributed by atoms with E-state index in [0.29, 0.717) is 6.04 Å². The highest BCUT2D eigenvalue weighted by atomic mass is 19.5. The summed E-state index contributed by atoms with van der Waals surface area (Å²) in [5, 5.41) is 0. The summed E-state index contributed by atoms with van der Waals surface area (Å²) in [5.41, 5.74) is 10.7. The molecule has 2 nitrogen and oxygen atoms in total. The second-order valence-electron chi connectivity index (χ2n) is 9.21. The Bertz CT molecular complexity index is 957. The molecular formula is C24H33BF4N2. The van der Waals surface area contributed by atoms with E-state index in [-0.39, 0.29) is 5.54 Å². The van der Waals surface area contributed by atoms with Gasteiger partial charge in [-0.05, 0) is 84.6 Å². The Kier molecular flexibility index (Phi) is 6.99. The van der Waals surface area contributed by atoms with Crippen LogP contribution in [0.15, 0.2) is 24.3 Å². The Morgan fingerprint density at radius 1 is 0.774 bits per heavy atom. The highest BCUT2D eigenvalue weighted by Crippen LogP contribution is 2.39. The third-order valence-electron chi connectivity index (χ3n) is 6.07. The molecule has 2 aromatic rings. The average molecular weight is 436 g/mol. The molecule has 0 amide bonds. The van der Waals surface area contributed by atoms with Crippen LogP contribution in [0.2, 0.25) is 0 Å². The zero-order valence-electron chi connectivity index (χ0n) is 19.9. The van der Waals surface area contributed by atoms with Crippen molar-refractivity contribution >= 4 is 25.0 Å². The van der Waals surface area contributed by atoms with Crippen LogP contribution in [-0.2, 0) is 0 Å². The molecule has 0 N–H and O–H groups in total. The third-order valence-corrected chi connectivity index (χ3v) is 6.07. The lowest BCUT2D eigenvalue weighted by Gasteiger charge is -2.28. The van der Waals surface area contributed by atoms with Gasteiger partial charge in [-0.1, -0.05) is 35.4 Å². The summed E-state index contributed by atoms with van der Waals surface area (Å²) in [5.74, 6) is 0. The molecule has 0 saturated heterocycles. The van der Waals surface area contributed by atoms with Crippen molar-refractivity contribution in [1.82, 2.24) is 0 Å². The molecule has 1 aliphatic heterocycles. The first kappa shape index (κ1) is 25.0. The molecule has 170 valence electrons. The predicted octanol–water partition coefficient (Wildman–Crippen LogP) is 7.20. The SMILES string of the molecule is Cc1cc(C)c(N2C=[N+](c3c(C)cc(C)cc3C)C(C)(C)C2C)c(C)c1.F[B-](F)(F)F. The minimum absolute atomic E-state index is 0.00848. The van der Waals surface area contributed by atoms with E-state index in [2.05, 4.69) is 102 Å². The van der Waals surface area contributed by atoms with Crippen LogP contribution in [-0.4, -0.2) is 29.7 Å². The van der Waals surface area contributed by atoms with Gasteiger partial charge in [-0.15, -0.1) is 0 Å². The maximum absolute atomic E-state index is 9.75. The first-order chi connectivity index (χ1) is 14.0. The van der Waals surface area contributed by atoms with Crippen molar-refractivity contribution in [2.24, 2.45) is 0 Å². The molecule has 0 spiro atoms. The topological polar surface area (TPSA) is 6.25 Å². The first-order valence-corrected chi connectivity index (χ1v) is 10.5. The van der Waals surface area contributed by atoms with Crippen LogP contribution in [0.3, 0.4) is 0 Å². The van der Waals surface area contributed by atoms with E-state index >= 15 is 0 Å². The van der Waals surface area contributed by atoms with Gasteiger partial charge in [-0.3, -0.25) is 0 Å². The fourth-order valence-electron chi connectivity index (χ4n) is 4.64. The molecule has 3 rings (SSSR count). The maximum Gasteiger partial charge on any atom is 0.673 e. The number of benzene rings is 2. The smallest absolute Gasteiger partial charge is 0.418 e. The van der Waals surface area contributed by atoms with Crippen molar-refractivity contribution in [3.63, 3.8) is 0 Å². The Morgan fingerprint density at radius 3 is 1.52 bits per heavy atom. The lowest BCUT2D eigenvalue weighted by atomic mass is 9.92. The van der Waals surface area contributed by atoms with Gasteiger partial charge in [0.2, 0.25) is 6.34 Å². The van der Waals surface area contributed by atoms with Gasteiger partial charge in [0, 0.05) is 0 Å². The van der Waals surface area contributed by atoms with Crippen LogP contribution in [0.5, 0.6) is 0 Å². The second-order valence-corrected chi connectivity index (χ2v) is 9.21. The molecule has 0 radical (unpaired) electrons. The van der Waals surface area contributed by atoms with Gasteiger partial charge >= 0.3 is 7.25 Å². The fourth-order valence-corrected chi connectivity index (χ4v) is 4.64. The van der Waals surface area contributed by atoms with Crippen molar-refractivity contribution in [1.29, 1.82) is 0 Å². The molecule has 1 atom stereocenters. The first-order valence-electron chi connectivity index (χ1n) is 10.5. The van der Waals surface area contributed by atoms with E-state index in [9.17, 15) is 17.3 Å². The summed E-state index contributed by atoms with van der Waals surface area (Å²) in [6, 6.07) is 9.55. The lowest BCUT2D eigenvalue weighted by molar-refractivity contribution is -0.514. The number of anilines is 1. The Labute approximate surface area is 183 Å². The Hall–Kier alpha value is -2.31. The van der Waals surface area contributed by atoms with Gasteiger partial charge in [0.25, 0.3) is 0 Å². The molecule has 0 aliphatic carbocycles. The molecule has 1 unspecified atom stereocenters. The summed E-state index contributed by atoms with van der Waals surface area (Å²) in [4.78, 5) is 2.48. The van der Waals surface area contributed by atoms with Gasteiger partial charge in [0.1, 0.15) is 23.0 Å². The molecule has 1 heterocycles. The van der Waals surface area contributed by atoms with Gasteiger partial charge in [-0.25, -0.2) is 9.48 Å². The largest absolute Gasteiger partial charge is 0.673 e. The number of aryl methyl sites for hydroxylation is 6. The van der Waals surface area contributed by atoms with E-state index in [1.54, 1.807) is 0 Å². The zero-order chi connectivity index (χ0) is 23.9. The number of rotatable bonds is 2. The van der Waals surface area contributed by atoms with Crippen molar-refractivity contribution in [2.75, 3.05) is 4.90 Å². The summed E-state index contributed by atoms with van der Waals surface area (Å²) in [6.07, 6.45) is 2.33. The number of hydrogen-bond donors (Lipinski definition) is 0. The van der Waals surface area contributed by atoms with E-state index in [1.807, 2.05) is 0 Å². The third kappa shape index (κ3) is 5.49. The van der Waals surface area contributed by atoms with Gasteiger partial charge in [-0.2, -0.15) is 0 Å². The summed E-state index contributed by atoms with van der Waals surface area (Å²) >= 11 is 0. The van der Waals surface area contributed by atoms with Crippen LogP contribution in [0, 0.1) is 41.5 Å². The van der Waals surface area contributed by atoms with E-state index in [0.717, 1.165) is 0 Å². The molecule has 1 aliphatic rings. The van der Waals surface area contributed by atoms with Gasteiger partial charge in [0.15, 0.2) is 0 Å². The van der Waals surface area contributed by atoms with Crippen LogP contribution in [0.1, 0.15) is 54.2 Å². The zero-order valence-corrected chi connectivity index (χ0v) is 19.9. The second kappa shape index (κ2) is 8.68. The molecule has 7 heteroatoms. The molecule has 2 aromatic carbocycles. The van der Waals surface area contributed by atoms with E-state index in [4.69, 9.17) is 0 Å². The number of halogens is 4. The lowest BCUT2D eigenvalue weighted by Crippen LogP contribution is -2.44. The minimum atomic E-state index is -6.00. The van der Waals surface area contributed by atoms with Crippen LogP contribution in [0.25, 0.3) is 0 Å². The maximum atomic E-state index is 9.75. The molecule has 0 aromatic heterocycles. The van der Waals surface area contributed by atoms with Crippen molar-refractivity contribution in [3.05, 3.63) is 57.6 Å². The van der Waals surface area contributed by atoms with E-state index < -0.39 is 7.25 Å². The summed E-state index contributed by atoms with van der Waals surface area (Å²) in [6.45, 7) is 20.3. The summed E-state index contributed by atoms with van der Waals surface area (Å²) < 4.78 is 41.5. The molecule has 0 bridgehead atoms. The molecule has 0 saturated carbocycles. The number of nitrogens with zero attached hydrogens (tertiary/aromatic N) is 2. The Morgan fingerprint density at radius 2 is 1.13 bits per heavy atom.